The average Bonchev–Trinajstić information content (AvgIpc) is 2.55. The third kappa shape index (κ3) is 4.61. The summed E-state index contributed by atoms with van der Waals surface area (Å²) >= 11 is 0. The molecule has 2 amide bonds. The predicted molar refractivity (Wildman–Crippen MR) is 71.0 cm³/mol. The Kier molecular flexibility index (Phi) is 4.91. The highest BCUT2D eigenvalue weighted by Gasteiger charge is 2.19. The van der Waals surface area contributed by atoms with Crippen LogP contribution in [-0.2, 0) is 11.8 Å². The number of aryl methyl sites for hydroxylation is 2. The molecule has 1 unspecified atom stereocenters. The van der Waals surface area contributed by atoms with Crippen molar-refractivity contribution < 1.29 is 14.7 Å². The molecule has 0 aromatic carbocycles. The van der Waals surface area contributed by atoms with E-state index in [1.54, 1.807) is 17.8 Å². The van der Waals surface area contributed by atoms with Gasteiger partial charge >= 0.3 is 12.0 Å². The van der Waals surface area contributed by atoms with Crippen molar-refractivity contribution in [1.29, 1.82) is 0 Å². The lowest BCUT2D eigenvalue weighted by Gasteiger charge is -2.20. The van der Waals surface area contributed by atoms with Crippen molar-refractivity contribution in [3.63, 3.8) is 0 Å². The molecule has 1 rings (SSSR count). The lowest BCUT2D eigenvalue weighted by atomic mass is 10.0. The fourth-order valence-electron chi connectivity index (χ4n) is 1.58. The van der Waals surface area contributed by atoms with Crippen LogP contribution in [0.25, 0.3) is 0 Å². The van der Waals surface area contributed by atoms with Crippen LogP contribution in [0, 0.1) is 12.8 Å². The number of nitrogens with one attached hydrogen (secondary N) is 2. The van der Waals surface area contributed by atoms with Crippen LogP contribution in [0.4, 0.5) is 10.6 Å². The van der Waals surface area contributed by atoms with E-state index >= 15 is 0 Å². The maximum Gasteiger partial charge on any atom is 0.320 e. The van der Waals surface area contributed by atoms with Gasteiger partial charge in [0.15, 0.2) is 5.82 Å². The highest BCUT2D eigenvalue weighted by Crippen LogP contribution is 2.09. The molecule has 0 saturated heterocycles. The number of nitrogens with zero attached hydrogens (tertiary/aromatic N) is 2. The molecule has 0 aliphatic carbocycles. The molecule has 7 heteroatoms. The van der Waals surface area contributed by atoms with E-state index in [1.807, 2.05) is 20.8 Å². The maximum absolute atomic E-state index is 11.8. The highest BCUT2D eigenvalue weighted by molar-refractivity contribution is 5.88. The van der Waals surface area contributed by atoms with E-state index in [0.29, 0.717) is 5.82 Å². The summed E-state index contributed by atoms with van der Waals surface area (Å²) in [7, 11) is 1.78. The number of aliphatic carboxylic acids is 1. The van der Waals surface area contributed by atoms with E-state index in [9.17, 15) is 9.59 Å². The number of hydrogen-bond donors (Lipinski definition) is 3. The Morgan fingerprint density at radius 2 is 2.11 bits per heavy atom. The smallest absolute Gasteiger partial charge is 0.320 e. The van der Waals surface area contributed by atoms with Crippen molar-refractivity contribution >= 4 is 17.8 Å². The first-order valence-electron chi connectivity index (χ1n) is 6.09. The van der Waals surface area contributed by atoms with E-state index < -0.39 is 18.0 Å². The molecule has 0 aliphatic heterocycles. The summed E-state index contributed by atoms with van der Waals surface area (Å²) in [6, 6.07) is 0.876. The number of anilines is 1. The number of carbonyl (C=O) groups is 2. The van der Waals surface area contributed by atoms with Gasteiger partial charge in [-0.25, -0.2) is 4.79 Å². The van der Waals surface area contributed by atoms with Crippen molar-refractivity contribution in [2.24, 2.45) is 13.0 Å². The maximum atomic E-state index is 11.8. The fraction of sp³-hybridized carbons (Fsp3) is 0.583. The zero-order chi connectivity index (χ0) is 14.6. The Morgan fingerprint density at radius 3 is 2.53 bits per heavy atom. The second-order valence-electron chi connectivity index (χ2n) is 4.84. The first-order chi connectivity index (χ1) is 8.79. The number of amides is 2. The van der Waals surface area contributed by atoms with Crippen LogP contribution in [0.1, 0.15) is 26.0 Å². The summed E-state index contributed by atoms with van der Waals surface area (Å²) in [5.74, 6) is -0.463. The van der Waals surface area contributed by atoms with Crippen LogP contribution in [-0.4, -0.2) is 32.9 Å². The van der Waals surface area contributed by atoms with Gasteiger partial charge < -0.3 is 10.4 Å². The van der Waals surface area contributed by atoms with Gasteiger partial charge in [-0.3, -0.25) is 14.8 Å². The number of carbonyl (C=O) groups excluding carboxylic acids is 1. The SMILES string of the molecule is Cc1cc(NC(=O)NC(CC(=O)O)C(C)C)nn1C. The molecule has 0 saturated carbocycles. The summed E-state index contributed by atoms with van der Waals surface area (Å²) in [5.41, 5.74) is 0.918. The van der Waals surface area contributed by atoms with Gasteiger partial charge in [0.1, 0.15) is 0 Å². The monoisotopic (exact) mass is 268 g/mol. The second-order valence-corrected chi connectivity index (χ2v) is 4.84. The second kappa shape index (κ2) is 6.21. The summed E-state index contributed by atoms with van der Waals surface area (Å²) in [6.07, 6.45) is -0.105. The molecule has 1 atom stereocenters. The third-order valence-electron chi connectivity index (χ3n) is 2.87. The Bertz CT molecular complexity index is 448. The fourth-order valence-corrected chi connectivity index (χ4v) is 1.58. The molecule has 0 spiro atoms. The number of carboxylic acid groups (broad SMARTS) is 1. The topological polar surface area (TPSA) is 96.2 Å². The minimum Gasteiger partial charge on any atom is -0.481 e. The van der Waals surface area contributed by atoms with Crippen LogP contribution in [0.3, 0.4) is 0 Å². The van der Waals surface area contributed by atoms with Crippen LogP contribution in [0.2, 0.25) is 0 Å². The summed E-state index contributed by atoms with van der Waals surface area (Å²) in [6.45, 7) is 5.59. The number of hydrogen-bond acceptors (Lipinski definition) is 3. The standard InChI is InChI=1S/C12H20N4O3/c1-7(2)9(6-11(17)18)13-12(19)14-10-5-8(3)16(4)15-10/h5,7,9H,6H2,1-4H3,(H,17,18)(H2,13,14,15,19). The number of rotatable bonds is 5. The number of urea groups is 1. The van der Waals surface area contributed by atoms with E-state index in [-0.39, 0.29) is 12.3 Å². The summed E-state index contributed by atoms with van der Waals surface area (Å²) in [5, 5.41) is 18.1. The van der Waals surface area contributed by atoms with Gasteiger partial charge in [0.25, 0.3) is 0 Å². The van der Waals surface area contributed by atoms with Gasteiger partial charge in [0, 0.05) is 24.8 Å². The molecule has 7 nitrogen and oxygen atoms in total. The van der Waals surface area contributed by atoms with E-state index in [0.717, 1.165) is 5.69 Å². The number of aromatic nitrogens is 2. The molecule has 0 fully saturated rings. The van der Waals surface area contributed by atoms with Crippen molar-refractivity contribution in [3.05, 3.63) is 11.8 Å². The summed E-state index contributed by atoms with van der Waals surface area (Å²) in [4.78, 5) is 22.5. The first-order valence-corrected chi connectivity index (χ1v) is 6.09. The van der Waals surface area contributed by atoms with E-state index in [2.05, 4.69) is 15.7 Å². The van der Waals surface area contributed by atoms with Crippen LogP contribution < -0.4 is 10.6 Å². The van der Waals surface area contributed by atoms with Crippen molar-refractivity contribution in [3.8, 4) is 0 Å². The zero-order valence-electron chi connectivity index (χ0n) is 11.6. The van der Waals surface area contributed by atoms with Gasteiger partial charge in [-0.1, -0.05) is 13.8 Å². The minimum atomic E-state index is -0.937. The lowest BCUT2D eigenvalue weighted by Crippen LogP contribution is -2.42. The quantitative estimate of drug-likeness (QED) is 0.751. The Hall–Kier alpha value is -2.05. The molecule has 19 heavy (non-hydrogen) atoms. The summed E-state index contributed by atoms with van der Waals surface area (Å²) < 4.78 is 1.65. The van der Waals surface area contributed by atoms with Gasteiger partial charge in [-0.05, 0) is 12.8 Å². The van der Waals surface area contributed by atoms with E-state index in [4.69, 9.17) is 5.11 Å². The van der Waals surface area contributed by atoms with E-state index in [1.165, 1.54) is 0 Å². The van der Waals surface area contributed by atoms with Gasteiger partial charge in [0.05, 0.1) is 6.42 Å². The van der Waals surface area contributed by atoms with Gasteiger partial charge in [0.2, 0.25) is 0 Å². The molecular formula is C12H20N4O3. The van der Waals surface area contributed by atoms with Crippen molar-refractivity contribution in [2.75, 3.05) is 5.32 Å². The van der Waals surface area contributed by atoms with Crippen molar-refractivity contribution in [1.82, 2.24) is 15.1 Å². The molecule has 0 bridgehead atoms. The molecule has 1 heterocycles. The van der Waals surface area contributed by atoms with Crippen LogP contribution >= 0.6 is 0 Å². The van der Waals surface area contributed by atoms with Crippen molar-refractivity contribution in [2.45, 2.75) is 33.2 Å². The largest absolute Gasteiger partial charge is 0.481 e. The van der Waals surface area contributed by atoms with Gasteiger partial charge in [-0.2, -0.15) is 5.10 Å². The first kappa shape index (κ1) is 15.0. The molecule has 0 radical (unpaired) electrons. The molecular weight excluding hydrogens is 248 g/mol. The third-order valence-corrected chi connectivity index (χ3v) is 2.87. The number of carboxylic acids is 1. The molecule has 1 aromatic rings. The zero-order valence-corrected chi connectivity index (χ0v) is 11.6. The highest BCUT2D eigenvalue weighted by atomic mass is 16.4. The minimum absolute atomic E-state index is 0.0346. The predicted octanol–water partition coefficient (Wildman–Crippen LogP) is 1.35. The Morgan fingerprint density at radius 1 is 1.47 bits per heavy atom. The van der Waals surface area contributed by atoms with Gasteiger partial charge in [-0.15, -0.1) is 0 Å². The molecule has 1 aromatic heterocycles. The Labute approximate surface area is 112 Å². The lowest BCUT2D eigenvalue weighted by molar-refractivity contribution is -0.137. The average molecular weight is 268 g/mol. The normalized spacial score (nSPS) is 12.3. The molecule has 0 aliphatic rings. The molecule has 106 valence electrons. The molecule has 3 N–H and O–H groups in total. The Balaban J connectivity index is 2.59. The van der Waals surface area contributed by atoms with Crippen LogP contribution in [0.5, 0.6) is 0 Å². The van der Waals surface area contributed by atoms with Crippen LogP contribution in [0.15, 0.2) is 6.07 Å².